The van der Waals surface area contributed by atoms with Gasteiger partial charge in [-0.05, 0) is 62.1 Å². The molecule has 0 unspecified atom stereocenters. The van der Waals surface area contributed by atoms with Crippen LogP contribution >= 0.6 is 0 Å². The predicted molar refractivity (Wildman–Crippen MR) is 120 cm³/mol. The Morgan fingerprint density at radius 2 is 1.83 bits per heavy atom. The molecule has 0 spiro atoms. The summed E-state index contributed by atoms with van der Waals surface area (Å²) >= 11 is 0. The fourth-order valence-electron chi connectivity index (χ4n) is 4.14. The molecule has 1 saturated heterocycles. The van der Waals surface area contributed by atoms with E-state index in [-0.39, 0.29) is 0 Å². The molecule has 1 aliphatic carbocycles. The van der Waals surface area contributed by atoms with Crippen molar-refractivity contribution in [2.75, 3.05) is 39.9 Å². The highest BCUT2D eigenvalue weighted by atomic mass is 32.2. The smallest absolute Gasteiger partial charge is 0.243 e. The molecule has 0 aromatic heterocycles. The monoisotopic (exact) mass is 436 g/mol. The fraction of sp³-hybridized carbons (Fsp3) is 0.682. The van der Waals surface area contributed by atoms with E-state index in [9.17, 15) is 8.42 Å². The third-order valence-electron chi connectivity index (χ3n) is 6.27. The highest BCUT2D eigenvalue weighted by Gasteiger charge is 2.36. The molecule has 0 radical (unpaired) electrons. The first kappa shape index (κ1) is 23.0. The molecule has 0 amide bonds. The number of ether oxygens (including phenoxy) is 1. The van der Waals surface area contributed by atoms with E-state index >= 15 is 0 Å². The zero-order valence-electron chi connectivity index (χ0n) is 18.3. The van der Waals surface area contributed by atoms with Gasteiger partial charge >= 0.3 is 0 Å². The van der Waals surface area contributed by atoms with Crippen molar-refractivity contribution in [3.05, 3.63) is 29.8 Å². The second-order valence-electron chi connectivity index (χ2n) is 8.40. The van der Waals surface area contributed by atoms with Gasteiger partial charge in [0.2, 0.25) is 10.0 Å². The average molecular weight is 437 g/mol. The summed E-state index contributed by atoms with van der Waals surface area (Å²) in [6.45, 7) is 6.29. The zero-order valence-corrected chi connectivity index (χ0v) is 19.1. The topological polar surface area (TPSA) is 83.0 Å². The molecule has 0 bridgehead atoms. The number of nitrogens with zero attached hydrogens (tertiary/aromatic N) is 2. The maximum Gasteiger partial charge on any atom is 0.243 e. The van der Waals surface area contributed by atoms with E-state index in [1.165, 1.54) is 19.3 Å². The number of sulfonamides is 1. The molecule has 1 saturated carbocycles. The summed E-state index contributed by atoms with van der Waals surface area (Å²) < 4.78 is 32.2. The van der Waals surface area contributed by atoms with E-state index in [4.69, 9.17) is 9.73 Å². The second kappa shape index (κ2) is 10.6. The molecule has 0 atom stereocenters. The average Bonchev–Trinajstić information content (AvgIpc) is 3.27. The number of hydrogen-bond acceptors (Lipinski definition) is 4. The zero-order chi connectivity index (χ0) is 21.5. The molecule has 2 aliphatic rings. The molecule has 1 aromatic carbocycles. The second-order valence-corrected chi connectivity index (χ2v) is 10.3. The number of aliphatic imine (C=N–C) groups is 1. The van der Waals surface area contributed by atoms with Gasteiger partial charge in [0.15, 0.2) is 5.96 Å². The lowest BCUT2D eigenvalue weighted by Crippen LogP contribution is -2.46. The molecule has 1 aromatic rings. The van der Waals surface area contributed by atoms with Crippen molar-refractivity contribution < 1.29 is 13.2 Å². The number of guanidine groups is 1. The Labute approximate surface area is 181 Å². The summed E-state index contributed by atoms with van der Waals surface area (Å²) in [6.07, 6.45) is 6.71. The lowest BCUT2D eigenvalue weighted by Gasteiger charge is -2.42. The summed E-state index contributed by atoms with van der Waals surface area (Å²) in [4.78, 5) is 5.07. The van der Waals surface area contributed by atoms with Crippen LogP contribution in [0.4, 0.5) is 0 Å². The van der Waals surface area contributed by atoms with Gasteiger partial charge in [0, 0.05) is 39.9 Å². The van der Waals surface area contributed by atoms with Crippen LogP contribution in [0.1, 0.15) is 51.0 Å². The van der Waals surface area contributed by atoms with E-state index < -0.39 is 10.0 Å². The van der Waals surface area contributed by atoms with Crippen LogP contribution in [0.3, 0.4) is 0 Å². The van der Waals surface area contributed by atoms with Crippen LogP contribution in [-0.2, 0) is 21.3 Å². The van der Waals surface area contributed by atoms with Crippen LogP contribution in [-0.4, -0.2) is 58.6 Å². The van der Waals surface area contributed by atoms with E-state index in [0.717, 1.165) is 50.5 Å². The SMILES string of the molecule is CCNC(=NCc1ccc(S(=O)(=O)N2CCCC2)cc1)NCC1(CCOC)CCC1. The number of rotatable bonds is 10. The summed E-state index contributed by atoms with van der Waals surface area (Å²) in [6, 6.07) is 7.13. The van der Waals surface area contributed by atoms with Crippen molar-refractivity contribution in [1.82, 2.24) is 14.9 Å². The third kappa shape index (κ3) is 5.74. The van der Waals surface area contributed by atoms with Gasteiger partial charge in [0.05, 0.1) is 11.4 Å². The van der Waals surface area contributed by atoms with E-state index in [1.54, 1.807) is 23.5 Å². The van der Waals surface area contributed by atoms with Gasteiger partial charge in [0.1, 0.15) is 0 Å². The van der Waals surface area contributed by atoms with Gasteiger partial charge in [-0.15, -0.1) is 0 Å². The van der Waals surface area contributed by atoms with Gasteiger partial charge < -0.3 is 15.4 Å². The first-order chi connectivity index (χ1) is 14.5. The minimum absolute atomic E-state index is 0.317. The van der Waals surface area contributed by atoms with Crippen LogP contribution in [0.2, 0.25) is 0 Å². The molecular formula is C22H36N4O3S. The Balaban J connectivity index is 1.59. The maximum atomic E-state index is 12.7. The van der Waals surface area contributed by atoms with Crippen LogP contribution in [0.15, 0.2) is 34.2 Å². The quantitative estimate of drug-likeness (QED) is 0.435. The Morgan fingerprint density at radius 1 is 1.13 bits per heavy atom. The van der Waals surface area contributed by atoms with Crippen molar-refractivity contribution >= 4 is 16.0 Å². The first-order valence-corrected chi connectivity index (χ1v) is 12.5. The number of nitrogens with one attached hydrogen (secondary N) is 2. The van der Waals surface area contributed by atoms with Crippen LogP contribution in [0.5, 0.6) is 0 Å². The number of hydrogen-bond donors (Lipinski definition) is 2. The highest BCUT2D eigenvalue weighted by molar-refractivity contribution is 7.89. The van der Waals surface area contributed by atoms with Crippen molar-refractivity contribution in [2.24, 2.45) is 10.4 Å². The van der Waals surface area contributed by atoms with Crippen molar-refractivity contribution in [3.63, 3.8) is 0 Å². The Hall–Kier alpha value is -1.64. The lowest BCUT2D eigenvalue weighted by molar-refractivity contribution is 0.0732. The van der Waals surface area contributed by atoms with Gasteiger partial charge in [-0.25, -0.2) is 13.4 Å². The van der Waals surface area contributed by atoms with Crippen molar-refractivity contribution in [1.29, 1.82) is 0 Å². The van der Waals surface area contributed by atoms with Gasteiger partial charge in [-0.2, -0.15) is 4.31 Å². The Morgan fingerprint density at radius 3 is 2.40 bits per heavy atom. The minimum atomic E-state index is -3.36. The highest BCUT2D eigenvalue weighted by Crippen LogP contribution is 2.43. The standard InChI is InChI=1S/C22H36N4O3S/c1-3-23-21(25-18-22(11-6-12-22)13-16-29-2)24-17-19-7-9-20(10-8-19)30(27,28)26-14-4-5-15-26/h7-10H,3-6,11-18H2,1-2H3,(H2,23,24,25). The van der Waals surface area contributed by atoms with Gasteiger partial charge in [0.25, 0.3) is 0 Å². The molecule has 7 nitrogen and oxygen atoms in total. The summed E-state index contributed by atoms with van der Waals surface area (Å²) in [5, 5.41) is 6.80. The van der Waals surface area contributed by atoms with E-state index in [2.05, 4.69) is 17.6 Å². The number of methoxy groups -OCH3 is 1. The molecule has 168 valence electrons. The lowest BCUT2D eigenvalue weighted by atomic mass is 9.67. The molecule has 30 heavy (non-hydrogen) atoms. The van der Waals surface area contributed by atoms with Crippen LogP contribution < -0.4 is 10.6 Å². The minimum Gasteiger partial charge on any atom is -0.385 e. The normalized spacial score (nSPS) is 19.5. The number of benzene rings is 1. The largest absolute Gasteiger partial charge is 0.385 e. The Bertz CT molecular complexity index is 798. The molecule has 2 N–H and O–H groups in total. The van der Waals surface area contributed by atoms with Gasteiger partial charge in [-0.3, -0.25) is 0 Å². The van der Waals surface area contributed by atoms with E-state index in [1.807, 2.05) is 12.1 Å². The molecule has 8 heteroatoms. The fourth-order valence-corrected chi connectivity index (χ4v) is 5.66. The first-order valence-electron chi connectivity index (χ1n) is 11.1. The molecule has 2 fully saturated rings. The van der Waals surface area contributed by atoms with Crippen molar-refractivity contribution in [2.45, 2.75) is 56.9 Å². The molecule has 1 heterocycles. The molecule has 1 aliphatic heterocycles. The predicted octanol–water partition coefficient (Wildman–Crippen LogP) is 2.73. The summed E-state index contributed by atoms with van der Waals surface area (Å²) in [7, 11) is -1.61. The summed E-state index contributed by atoms with van der Waals surface area (Å²) in [5.41, 5.74) is 1.31. The summed E-state index contributed by atoms with van der Waals surface area (Å²) in [5.74, 6) is 0.801. The van der Waals surface area contributed by atoms with Crippen LogP contribution in [0.25, 0.3) is 0 Å². The molecular weight excluding hydrogens is 400 g/mol. The van der Waals surface area contributed by atoms with Crippen molar-refractivity contribution in [3.8, 4) is 0 Å². The Kier molecular flexibility index (Phi) is 8.13. The van der Waals surface area contributed by atoms with E-state index in [0.29, 0.717) is 29.9 Å². The van der Waals surface area contributed by atoms with Crippen LogP contribution in [0, 0.1) is 5.41 Å². The third-order valence-corrected chi connectivity index (χ3v) is 8.18. The van der Waals surface area contributed by atoms with Gasteiger partial charge in [-0.1, -0.05) is 18.6 Å². The molecule has 3 rings (SSSR count). The maximum absolute atomic E-state index is 12.7.